The number of rotatable bonds is 0. The van der Waals surface area contributed by atoms with Crippen LogP contribution < -0.4 is 0 Å². The van der Waals surface area contributed by atoms with Crippen molar-refractivity contribution in [1.29, 1.82) is 0 Å². The fourth-order valence-electron chi connectivity index (χ4n) is 2.66. The van der Waals surface area contributed by atoms with Gasteiger partial charge in [-0.15, -0.1) is 23.2 Å². The van der Waals surface area contributed by atoms with Gasteiger partial charge in [-0.05, 0) is 19.3 Å². The number of allylic oxidation sites excluding steroid dienone is 6. The Bertz CT molecular complexity index is 329. The molecule has 3 rings (SSSR count). The van der Waals surface area contributed by atoms with Crippen LogP contribution in [0.3, 0.4) is 0 Å². The first kappa shape index (κ1) is 9.06. The van der Waals surface area contributed by atoms with Crippen LogP contribution in [0.15, 0.2) is 35.5 Å². The highest BCUT2D eigenvalue weighted by Gasteiger charge is 2.63. The summed E-state index contributed by atoms with van der Waals surface area (Å²) in [6, 6.07) is 0. The SMILES string of the molecule is ClC1(Cl)[C@@H]2CC3=CC=CC=C(C3)C[C@H]21. The van der Waals surface area contributed by atoms with Gasteiger partial charge < -0.3 is 0 Å². The minimum Gasteiger partial charge on any atom is -0.101 e. The second-order valence-electron chi connectivity index (χ2n) is 4.51. The van der Waals surface area contributed by atoms with Crippen LogP contribution >= 0.6 is 23.2 Å². The molecule has 0 aromatic rings. The van der Waals surface area contributed by atoms with Crippen molar-refractivity contribution in [1.82, 2.24) is 0 Å². The lowest BCUT2D eigenvalue weighted by Gasteiger charge is -2.08. The molecule has 2 bridgehead atoms. The second-order valence-corrected chi connectivity index (χ2v) is 5.95. The summed E-state index contributed by atoms with van der Waals surface area (Å²) in [5, 5.41) is 0. The molecule has 2 atom stereocenters. The van der Waals surface area contributed by atoms with Crippen molar-refractivity contribution >= 4 is 23.2 Å². The fourth-order valence-corrected chi connectivity index (χ4v) is 3.45. The van der Waals surface area contributed by atoms with Gasteiger partial charge in [0.1, 0.15) is 4.33 Å². The molecule has 3 aliphatic rings. The van der Waals surface area contributed by atoms with Crippen LogP contribution in [-0.2, 0) is 0 Å². The predicted octanol–water partition coefficient (Wildman–Crippen LogP) is 4.01. The van der Waals surface area contributed by atoms with Gasteiger partial charge in [-0.1, -0.05) is 35.5 Å². The lowest BCUT2D eigenvalue weighted by atomic mass is 10.0. The van der Waals surface area contributed by atoms with Gasteiger partial charge in [-0.3, -0.25) is 0 Å². The van der Waals surface area contributed by atoms with E-state index >= 15 is 0 Å². The van der Waals surface area contributed by atoms with Gasteiger partial charge in [0.15, 0.2) is 0 Å². The summed E-state index contributed by atoms with van der Waals surface area (Å²) >= 11 is 12.5. The molecule has 2 fully saturated rings. The summed E-state index contributed by atoms with van der Waals surface area (Å²) in [6.45, 7) is 0. The van der Waals surface area contributed by atoms with E-state index in [0.717, 1.165) is 19.3 Å². The van der Waals surface area contributed by atoms with Gasteiger partial charge in [0.2, 0.25) is 0 Å². The van der Waals surface area contributed by atoms with Crippen molar-refractivity contribution < 1.29 is 0 Å². The molecule has 2 heteroatoms. The molecule has 74 valence electrons. The zero-order chi connectivity index (χ0) is 9.76. The highest BCUT2D eigenvalue weighted by Crippen LogP contribution is 2.65. The van der Waals surface area contributed by atoms with E-state index in [1.54, 1.807) is 0 Å². The topological polar surface area (TPSA) is 0 Å². The van der Waals surface area contributed by atoms with Gasteiger partial charge in [0, 0.05) is 11.8 Å². The largest absolute Gasteiger partial charge is 0.125 e. The average Bonchev–Trinajstić information content (AvgIpc) is 2.78. The summed E-state index contributed by atoms with van der Waals surface area (Å²) in [5.74, 6) is 0.990. The maximum absolute atomic E-state index is 6.24. The molecule has 0 N–H and O–H groups in total. The lowest BCUT2D eigenvalue weighted by Crippen LogP contribution is -1.97. The normalized spacial score (nSPS) is 37.6. The van der Waals surface area contributed by atoms with Crippen molar-refractivity contribution in [3.05, 3.63) is 35.5 Å². The van der Waals surface area contributed by atoms with Crippen LogP contribution in [0.1, 0.15) is 19.3 Å². The first-order valence-corrected chi connectivity index (χ1v) is 5.85. The first-order chi connectivity index (χ1) is 6.68. The van der Waals surface area contributed by atoms with Gasteiger partial charge in [-0.25, -0.2) is 0 Å². The third-order valence-electron chi connectivity index (χ3n) is 3.56. The Morgan fingerprint density at radius 1 is 1.00 bits per heavy atom. The number of hydrogen-bond donors (Lipinski definition) is 0. The molecule has 0 radical (unpaired) electrons. The van der Waals surface area contributed by atoms with E-state index in [-0.39, 0.29) is 0 Å². The number of alkyl halides is 2. The van der Waals surface area contributed by atoms with Crippen molar-refractivity contribution in [2.24, 2.45) is 11.8 Å². The Hall–Kier alpha value is -0.200. The standard InChI is InChI=1S/C12H12Cl2/c13-12(14)10-6-8-3-1-2-4-9(5-8)7-11(10)12/h1-4,10-11H,5-7H2/t10-,11-/m1/s1. The molecule has 2 saturated carbocycles. The quantitative estimate of drug-likeness (QED) is 0.548. The van der Waals surface area contributed by atoms with Crippen LogP contribution in [0.25, 0.3) is 0 Å². The summed E-state index contributed by atoms with van der Waals surface area (Å²) in [7, 11) is 0. The van der Waals surface area contributed by atoms with E-state index in [9.17, 15) is 0 Å². The molecule has 0 aromatic carbocycles. The van der Waals surface area contributed by atoms with E-state index in [2.05, 4.69) is 24.3 Å². The van der Waals surface area contributed by atoms with Gasteiger partial charge >= 0.3 is 0 Å². The molecule has 0 unspecified atom stereocenters. The number of halogens is 2. The Labute approximate surface area is 94.3 Å². The number of fused-ring (bicyclic) bond motifs is 3. The molecule has 0 heterocycles. The molecular weight excluding hydrogens is 215 g/mol. The average molecular weight is 227 g/mol. The summed E-state index contributed by atoms with van der Waals surface area (Å²) in [6.07, 6.45) is 12.0. The lowest BCUT2D eigenvalue weighted by molar-refractivity contribution is 0.718. The smallest absolute Gasteiger partial charge is 0.101 e. The Kier molecular flexibility index (Phi) is 1.87. The molecular formula is C12H12Cl2. The van der Waals surface area contributed by atoms with Crippen LogP contribution in [0.2, 0.25) is 0 Å². The number of hydrogen-bond acceptors (Lipinski definition) is 0. The maximum Gasteiger partial charge on any atom is 0.125 e. The monoisotopic (exact) mass is 226 g/mol. The van der Waals surface area contributed by atoms with E-state index in [4.69, 9.17) is 23.2 Å². The van der Waals surface area contributed by atoms with Crippen molar-refractivity contribution in [2.45, 2.75) is 23.6 Å². The molecule has 0 nitrogen and oxygen atoms in total. The molecule has 0 spiro atoms. The maximum atomic E-state index is 6.24. The first-order valence-electron chi connectivity index (χ1n) is 5.10. The highest BCUT2D eigenvalue weighted by atomic mass is 35.5. The van der Waals surface area contributed by atoms with E-state index in [1.807, 2.05) is 0 Å². The van der Waals surface area contributed by atoms with E-state index in [1.165, 1.54) is 11.1 Å². The Morgan fingerprint density at radius 3 is 2.00 bits per heavy atom. The molecule has 14 heavy (non-hydrogen) atoms. The second kappa shape index (κ2) is 2.90. The third-order valence-corrected chi connectivity index (χ3v) is 4.68. The van der Waals surface area contributed by atoms with Crippen LogP contribution in [-0.4, -0.2) is 4.33 Å². The van der Waals surface area contributed by atoms with Crippen LogP contribution in [0.4, 0.5) is 0 Å². The zero-order valence-electron chi connectivity index (χ0n) is 7.84. The van der Waals surface area contributed by atoms with E-state index < -0.39 is 4.33 Å². The van der Waals surface area contributed by atoms with Gasteiger partial charge in [0.25, 0.3) is 0 Å². The van der Waals surface area contributed by atoms with Crippen LogP contribution in [0.5, 0.6) is 0 Å². The molecule has 3 aliphatic carbocycles. The highest BCUT2D eigenvalue weighted by molar-refractivity contribution is 6.51. The zero-order valence-corrected chi connectivity index (χ0v) is 9.35. The molecule has 0 amide bonds. The fraction of sp³-hybridized carbons (Fsp3) is 0.500. The minimum atomic E-state index is -0.442. The van der Waals surface area contributed by atoms with Crippen molar-refractivity contribution in [2.75, 3.05) is 0 Å². The Morgan fingerprint density at radius 2 is 1.50 bits per heavy atom. The molecule has 0 aliphatic heterocycles. The summed E-state index contributed by atoms with van der Waals surface area (Å²) < 4.78 is -0.442. The predicted molar refractivity (Wildman–Crippen MR) is 60.6 cm³/mol. The summed E-state index contributed by atoms with van der Waals surface area (Å²) in [5.41, 5.74) is 2.97. The third kappa shape index (κ3) is 1.28. The van der Waals surface area contributed by atoms with Gasteiger partial charge in [-0.2, -0.15) is 0 Å². The molecule has 0 aromatic heterocycles. The molecule has 0 saturated heterocycles. The van der Waals surface area contributed by atoms with Gasteiger partial charge in [0.05, 0.1) is 0 Å². The Balaban J connectivity index is 1.95. The van der Waals surface area contributed by atoms with Crippen molar-refractivity contribution in [3.63, 3.8) is 0 Å². The van der Waals surface area contributed by atoms with Crippen LogP contribution in [0, 0.1) is 11.8 Å². The minimum absolute atomic E-state index is 0.442. The van der Waals surface area contributed by atoms with E-state index in [0.29, 0.717) is 11.8 Å². The summed E-state index contributed by atoms with van der Waals surface area (Å²) in [4.78, 5) is 0. The van der Waals surface area contributed by atoms with Crippen molar-refractivity contribution in [3.8, 4) is 0 Å².